The summed E-state index contributed by atoms with van der Waals surface area (Å²) in [6.07, 6.45) is 5.81. The largest absolute Gasteiger partial charge is 0.444 e. The molecule has 20 heavy (non-hydrogen) atoms. The van der Waals surface area contributed by atoms with E-state index in [1.165, 1.54) is 0 Å². The van der Waals surface area contributed by atoms with E-state index in [1.54, 1.807) is 17.4 Å². The van der Waals surface area contributed by atoms with E-state index in [9.17, 15) is 4.79 Å². The minimum atomic E-state index is -0.516. The van der Waals surface area contributed by atoms with E-state index in [1.807, 2.05) is 31.5 Å². The molecule has 1 saturated heterocycles. The Balaban J connectivity index is 2.07. The maximum absolute atomic E-state index is 12.2. The first-order chi connectivity index (χ1) is 9.40. The Labute approximate surface area is 118 Å². The fourth-order valence-electron chi connectivity index (χ4n) is 2.41. The smallest absolute Gasteiger partial charge is 0.410 e. The number of carbonyl (C=O) groups is 1. The number of carbonyl (C=O) groups excluding carboxylic acids is 1. The van der Waals surface area contributed by atoms with Crippen LogP contribution in [0.5, 0.6) is 0 Å². The third kappa shape index (κ3) is 3.49. The first kappa shape index (κ1) is 14.8. The van der Waals surface area contributed by atoms with Crippen molar-refractivity contribution < 1.29 is 14.4 Å². The highest BCUT2D eigenvalue weighted by molar-refractivity contribution is 5.69. The quantitative estimate of drug-likeness (QED) is 0.845. The number of aromatic nitrogens is 2. The first-order valence-corrected chi connectivity index (χ1v) is 6.69. The van der Waals surface area contributed by atoms with Crippen LogP contribution in [0.2, 0.25) is 0 Å². The van der Waals surface area contributed by atoms with E-state index in [0.717, 1.165) is 6.42 Å². The molecule has 1 aliphatic heterocycles. The molecule has 0 aliphatic carbocycles. The van der Waals surface area contributed by atoms with Crippen LogP contribution in [-0.4, -0.2) is 45.3 Å². The molecule has 0 aromatic carbocycles. The van der Waals surface area contributed by atoms with Gasteiger partial charge in [-0.05, 0) is 27.2 Å². The molecule has 1 aromatic rings. The molecule has 1 aliphatic rings. The molecule has 0 radical (unpaired) electrons. The molecule has 0 bridgehead atoms. The molecule has 1 fully saturated rings. The Morgan fingerprint density at radius 2 is 2.25 bits per heavy atom. The van der Waals surface area contributed by atoms with Crippen LogP contribution in [0, 0.1) is 0 Å². The fraction of sp³-hybridized carbons (Fsp3) is 0.692. The highest BCUT2D eigenvalue weighted by Crippen LogP contribution is 2.28. The number of amides is 1. The summed E-state index contributed by atoms with van der Waals surface area (Å²) in [5.74, 6) is 5.16. The van der Waals surface area contributed by atoms with E-state index in [2.05, 4.69) is 4.98 Å². The zero-order valence-electron chi connectivity index (χ0n) is 12.2. The second kappa shape index (κ2) is 5.80. The van der Waals surface area contributed by atoms with Gasteiger partial charge < -0.3 is 19.0 Å². The molecule has 1 aromatic heterocycles. The topological polar surface area (TPSA) is 82.6 Å². The Bertz CT molecular complexity index is 441. The van der Waals surface area contributed by atoms with Crippen LogP contribution in [0.25, 0.3) is 0 Å². The molecule has 0 unspecified atom stereocenters. The minimum Gasteiger partial charge on any atom is -0.444 e. The van der Waals surface area contributed by atoms with Crippen molar-refractivity contribution in [2.45, 2.75) is 44.9 Å². The molecule has 7 nitrogen and oxygen atoms in total. The van der Waals surface area contributed by atoms with E-state index in [0.29, 0.717) is 13.2 Å². The van der Waals surface area contributed by atoms with Crippen LogP contribution in [0.1, 0.15) is 33.2 Å². The molecule has 7 heteroatoms. The molecule has 0 saturated carbocycles. The highest BCUT2D eigenvalue weighted by Gasteiger charge is 2.38. The summed E-state index contributed by atoms with van der Waals surface area (Å²) in [6, 6.07) is 0.0902. The third-order valence-electron chi connectivity index (χ3n) is 3.26. The molecule has 1 amide bonds. The Morgan fingerprint density at radius 3 is 2.80 bits per heavy atom. The summed E-state index contributed by atoms with van der Waals surface area (Å²) < 4.78 is 7.42. The standard InChI is InChI=1S/C13H22N4O3/c1-13(2,3)20-12(18)17-7-10(6-11(17)8-19-14)16-5-4-15-9-16/h4-5,9-11H,6-8,14H2,1-3H3/t10-,11-/m0/s1. The number of ether oxygens (including phenoxy) is 1. The maximum atomic E-state index is 12.2. The zero-order valence-corrected chi connectivity index (χ0v) is 12.2. The van der Waals surface area contributed by atoms with Crippen molar-refractivity contribution in [1.29, 1.82) is 0 Å². The minimum absolute atomic E-state index is 0.0813. The SMILES string of the molecule is CC(C)(C)OC(=O)N1C[C@@H](n2ccnc2)C[C@H]1CON. The van der Waals surface area contributed by atoms with Crippen molar-refractivity contribution in [2.24, 2.45) is 5.90 Å². The van der Waals surface area contributed by atoms with Gasteiger partial charge in [0.2, 0.25) is 0 Å². The maximum Gasteiger partial charge on any atom is 0.410 e. The second-order valence-electron chi connectivity index (χ2n) is 6.02. The van der Waals surface area contributed by atoms with Crippen molar-refractivity contribution in [2.75, 3.05) is 13.2 Å². The van der Waals surface area contributed by atoms with Crippen molar-refractivity contribution in [3.05, 3.63) is 18.7 Å². The van der Waals surface area contributed by atoms with Gasteiger partial charge in [0.15, 0.2) is 0 Å². The van der Waals surface area contributed by atoms with Gasteiger partial charge in [-0.2, -0.15) is 0 Å². The fourth-order valence-corrected chi connectivity index (χ4v) is 2.41. The predicted octanol–water partition coefficient (Wildman–Crippen LogP) is 1.32. The van der Waals surface area contributed by atoms with E-state index >= 15 is 0 Å². The summed E-state index contributed by atoms with van der Waals surface area (Å²) in [5.41, 5.74) is -0.516. The van der Waals surface area contributed by atoms with Crippen LogP contribution in [-0.2, 0) is 9.57 Å². The Hall–Kier alpha value is -1.60. The zero-order chi connectivity index (χ0) is 14.8. The number of hydrogen-bond acceptors (Lipinski definition) is 5. The van der Waals surface area contributed by atoms with Crippen LogP contribution < -0.4 is 5.90 Å². The Morgan fingerprint density at radius 1 is 1.50 bits per heavy atom. The summed E-state index contributed by atoms with van der Waals surface area (Å²) in [7, 11) is 0. The molecule has 2 N–H and O–H groups in total. The van der Waals surface area contributed by atoms with Crippen LogP contribution >= 0.6 is 0 Å². The van der Waals surface area contributed by atoms with Gasteiger partial charge in [0.05, 0.1) is 25.0 Å². The molecule has 2 heterocycles. The second-order valence-corrected chi connectivity index (χ2v) is 6.02. The third-order valence-corrected chi connectivity index (χ3v) is 3.26. The van der Waals surface area contributed by atoms with Crippen molar-refractivity contribution in [3.8, 4) is 0 Å². The number of nitrogens with zero attached hydrogens (tertiary/aromatic N) is 3. The Kier molecular flexibility index (Phi) is 4.29. The molecular weight excluding hydrogens is 260 g/mol. The van der Waals surface area contributed by atoms with E-state index in [4.69, 9.17) is 15.5 Å². The monoisotopic (exact) mass is 282 g/mol. The van der Waals surface area contributed by atoms with Crippen LogP contribution in [0.4, 0.5) is 4.79 Å². The lowest BCUT2D eigenvalue weighted by atomic mass is 10.2. The van der Waals surface area contributed by atoms with Gasteiger partial charge >= 0.3 is 6.09 Å². The van der Waals surface area contributed by atoms with Gasteiger partial charge in [-0.25, -0.2) is 15.7 Å². The summed E-state index contributed by atoms with van der Waals surface area (Å²) in [6.45, 7) is 6.41. The number of hydrogen-bond donors (Lipinski definition) is 1. The van der Waals surface area contributed by atoms with Gasteiger partial charge in [0.25, 0.3) is 0 Å². The van der Waals surface area contributed by atoms with Gasteiger partial charge in [-0.1, -0.05) is 0 Å². The molecular formula is C13H22N4O3. The van der Waals surface area contributed by atoms with Gasteiger partial charge in [0.1, 0.15) is 5.60 Å². The van der Waals surface area contributed by atoms with E-state index < -0.39 is 5.60 Å². The molecule has 0 spiro atoms. The average Bonchev–Trinajstić information content (AvgIpc) is 2.94. The lowest BCUT2D eigenvalue weighted by molar-refractivity contribution is 0.0104. The van der Waals surface area contributed by atoms with Crippen LogP contribution in [0.15, 0.2) is 18.7 Å². The average molecular weight is 282 g/mol. The number of likely N-dealkylation sites (tertiary alicyclic amines) is 1. The normalized spacial score (nSPS) is 23.1. The van der Waals surface area contributed by atoms with Crippen molar-refractivity contribution in [3.63, 3.8) is 0 Å². The van der Waals surface area contributed by atoms with Crippen LogP contribution in [0.3, 0.4) is 0 Å². The summed E-state index contributed by atoms with van der Waals surface area (Å²) in [4.78, 5) is 22.7. The summed E-state index contributed by atoms with van der Waals surface area (Å²) >= 11 is 0. The lowest BCUT2D eigenvalue weighted by Gasteiger charge is -2.28. The number of imidazole rings is 1. The summed E-state index contributed by atoms with van der Waals surface area (Å²) in [5, 5.41) is 0. The van der Waals surface area contributed by atoms with Crippen molar-refractivity contribution in [1.82, 2.24) is 14.5 Å². The number of nitrogens with two attached hydrogens (primary N) is 1. The molecule has 2 rings (SSSR count). The lowest BCUT2D eigenvalue weighted by Crippen LogP contribution is -2.42. The highest BCUT2D eigenvalue weighted by atomic mass is 16.6. The van der Waals surface area contributed by atoms with E-state index in [-0.39, 0.29) is 18.2 Å². The van der Waals surface area contributed by atoms with Crippen molar-refractivity contribution >= 4 is 6.09 Å². The molecule has 2 atom stereocenters. The van der Waals surface area contributed by atoms with Gasteiger partial charge in [-0.3, -0.25) is 0 Å². The predicted molar refractivity (Wildman–Crippen MR) is 72.7 cm³/mol. The van der Waals surface area contributed by atoms with Gasteiger partial charge in [-0.15, -0.1) is 0 Å². The van der Waals surface area contributed by atoms with Gasteiger partial charge in [0, 0.05) is 18.9 Å². The number of rotatable bonds is 3. The first-order valence-electron chi connectivity index (χ1n) is 6.69. The molecule has 112 valence electrons.